The number of carbonyl (C=O) groups is 2. The molecule has 2 heterocycles. The van der Waals surface area contributed by atoms with Crippen LogP contribution in [0.15, 0.2) is 30.6 Å². The number of carbonyl (C=O) groups excluding carboxylic acids is 1. The summed E-state index contributed by atoms with van der Waals surface area (Å²) < 4.78 is 0. The number of hydrogen-bond acceptors (Lipinski definition) is 6. The highest BCUT2D eigenvalue weighted by Gasteiger charge is 2.11. The van der Waals surface area contributed by atoms with E-state index in [9.17, 15) is 14.7 Å². The smallest absolute Gasteiger partial charge is 0.335 e. The molecule has 0 atom stereocenters. The van der Waals surface area contributed by atoms with Crippen molar-refractivity contribution < 1.29 is 19.8 Å². The van der Waals surface area contributed by atoms with Crippen molar-refractivity contribution in [3.63, 3.8) is 0 Å². The molecule has 0 saturated heterocycles. The summed E-state index contributed by atoms with van der Waals surface area (Å²) in [5.74, 6) is -1.30. The number of rotatable bonds is 4. The van der Waals surface area contributed by atoms with Crippen LogP contribution in [0, 0.1) is 0 Å². The first kappa shape index (κ1) is 14.3. The molecule has 21 heavy (non-hydrogen) atoms. The third-order valence-electron chi connectivity index (χ3n) is 2.62. The molecular weight excluding hydrogens is 276 g/mol. The Morgan fingerprint density at radius 3 is 2.52 bits per heavy atom. The molecular formula is C13H12N4O4. The average molecular weight is 288 g/mol. The van der Waals surface area contributed by atoms with E-state index in [-0.39, 0.29) is 28.5 Å². The summed E-state index contributed by atoms with van der Waals surface area (Å²) in [6.07, 6.45) is 2.54. The van der Waals surface area contributed by atoms with Gasteiger partial charge >= 0.3 is 5.97 Å². The van der Waals surface area contributed by atoms with Gasteiger partial charge < -0.3 is 20.8 Å². The highest BCUT2D eigenvalue weighted by molar-refractivity contribution is 5.96. The largest absolute Gasteiger partial charge is 0.507 e. The van der Waals surface area contributed by atoms with E-state index in [1.54, 1.807) is 0 Å². The molecule has 2 aromatic rings. The molecule has 0 aromatic carbocycles. The number of amides is 1. The first-order valence-corrected chi connectivity index (χ1v) is 5.88. The Labute approximate surface area is 119 Å². The van der Waals surface area contributed by atoms with E-state index in [1.165, 1.54) is 37.6 Å². The summed E-state index contributed by atoms with van der Waals surface area (Å²) in [6.45, 7) is 0. The maximum absolute atomic E-state index is 11.4. The fourth-order valence-corrected chi connectivity index (χ4v) is 1.59. The lowest BCUT2D eigenvalue weighted by Gasteiger charge is -2.08. The minimum atomic E-state index is -1.08. The Bertz CT molecular complexity index is 702. The van der Waals surface area contributed by atoms with Gasteiger partial charge in [-0.1, -0.05) is 0 Å². The Morgan fingerprint density at radius 1 is 1.19 bits per heavy atom. The quantitative estimate of drug-likeness (QED) is 0.661. The minimum Gasteiger partial charge on any atom is -0.507 e. The SMILES string of the molecule is CNC(=O)c1cnc(Nc2cc(C(=O)O)ccn2)cc1O. The molecule has 8 nitrogen and oxygen atoms in total. The van der Waals surface area contributed by atoms with Crippen LogP contribution in [0.5, 0.6) is 5.75 Å². The van der Waals surface area contributed by atoms with Gasteiger partial charge in [-0.05, 0) is 12.1 Å². The second-order valence-corrected chi connectivity index (χ2v) is 4.03. The van der Waals surface area contributed by atoms with Crippen molar-refractivity contribution >= 4 is 23.5 Å². The van der Waals surface area contributed by atoms with Crippen molar-refractivity contribution in [2.75, 3.05) is 12.4 Å². The van der Waals surface area contributed by atoms with E-state index >= 15 is 0 Å². The zero-order valence-corrected chi connectivity index (χ0v) is 11.0. The Balaban J connectivity index is 2.24. The Kier molecular flexibility index (Phi) is 3.98. The Morgan fingerprint density at radius 2 is 1.90 bits per heavy atom. The first-order chi connectivity index (χ1) is 10.0. The topological polar surface area (TPSA) is 124 Å². The van der Waals surface area contributed by atoms with Gasteiger partial charge in [-0.2, -0.15) is 0 Å². The number of aromatic hydroxyl groups is 1. The molecule has 0 spiro atoms. The van der Waals surface area contributed by atoms with Gasteiger partial charge in [-0.15, -0.1) is 0 Å². The van der Waals surface area contributed by atoms with Crippen LogP contribution in [-0.2, 0) is 0 Å². The fraction of sp³-hybridized carbons (Fsp3) is 0.0769. The highest BCUT2D eigenvalue weighted by Crippen LogP contribution is 2.21. The third kappa shape index (κ3) is 3.24. The van der Waals surface area contributed by atoms with Gasteiger partial charge in [0.2, 0.25) is 0 Å². The molecule has 0 aliphatic carbocycles. The molecule has 2 aromatic heterocycles. The van der Waals surface area contributed by atoms with Gasteiger partial charge in [0.25, 0.3) is 5.91 Å². The van der Waals surface area contributed by atoms with Crippen LogP contribution >= 0.6 is 0 Å². The van der Waals surface area contributed by atoms with E-state index < -0.39 is 11.9 Å². The predicted octanol–water partition coefficient (Wildman–Crippen LogP) is 0.984. The zero-order valence-electron chi connectivity index (χ0n) is 11.0. The van der Waals surface area contributed by atoms with Crippen LogP contribution in [0.25, 0.3) is 0 Å². The van der Waals surface area contributed by atoms with Crippen LogP contribution in [0.3, 0.4) is 0 Å². The van der Waals surface area contributed by atoms with E-state index in [4.69, 9.17) is 5.11 Å². The average Bonchev–Trinajstić information content (AvgIpc) is 2.47. The normalized spacial score (nSPS) is 9.95. The fourth-order valence-electron chi connectivity index (χ4n) is 1.59. The second-order valence-electron chi connectivity index (χ2n) is 4.03. The van der Waals surface area contributed by atoms with Gasteiger partial charge in [0.1, 0.15) is 17.4 Å². The lowest BCUT2D eigenvalue weighted by Crippen LogP contribution is -2.18. The second kappa shape index (κ2) is 5.87. The van der Waals surface area contributed by atoms with Gasteiger partial charge in [0.15, 0.2) is 0 Å². The van der Waals surface area contributed by atoms with E-state index in [1.807, 2.05) is 0 Å². The van der Waals surface area contributed by atoms with Crippen LogP contribution in [0.1, 0.15) is 20.7 Å². The third-order valence-corrected chi connectivity index (χ3v) is 2.62. The maximum Gasteiger partial charge on any atom is 0.335 e. The molecule has 0 aliphatic rings. The number of aromatic carboxylic acids is 1. The Hall–Kier alpha value is -3.16. The van der Waals surface area contributed by atoms with E-state index in [0.717, 1.165) is 0 Å². The minimum absolute atomic E-state index is 0.0373. The highest BCUT2D eigenvalue weighted by atomic mass is 16.4. The van der Waals surface area contributed by atoms with Crippen molar-refractivity contribution in [3.8, 4) is 5.75 Å². The summed E-state index contributed by atoms with van der Waals surface area (Å²) >= 11 is 0. The number of nitrogens with one attached hydrogen (secondary N) is 2. The van der Waals surface area contributed by atoms with Crippen LogP contribution in [0.4, 0.5) is 11.6 Å². The summed E-state index contributed by atoms with van der Waals surface area (Å²) in [5.41, 5.74) is 0.106. The van der Waals surface area contributed by atoms with E-state index in [2.05, 4.69) is 20.6 Å². The molecule has 0 radical (unpaired) electrons. The van der Waals surface area contributed by atoms with Gasteiger partial charge in [0.05, 0.1) is 11.1 Å². The molecule has 0 aliphatic heterocycles. The zero-order chi connectivity index (χ0) is 15.4. The van der Waals surface area contributed by atoms with Crippen LogP contribution in [-0.4, -0.2) is 39.1 Å². The lowest BCUT2D eigenvalue weighted by molar-refractivity contribution is 0.0696. The molecule has 4 N–H and O–H groups in total. The summed E-state index contributed by atoms with van der Waals surface area (Å²) in [5, 5.41) is 23.8. The first-order valence-electron chi connectivity index (χ1n) is 5.88. The van der Waals surface area contributed by atoms with Gasteiger partial charge in [-0.25, -0.2) is 14.8 Å². The summed E-state index contributed by atoms with van der Waals surface area (Å²) in [7, 11) is 1.44. The number of anilines is 2. The molecule has 2 rings (SSSR count). The number of pyridine rings is 2. The van der Waals surface area contributed by atoms with Gasteiger partial charge in [-0.3, -0.25) is 4.79 Å². The van der Waals surface area contributed by atoms with Crippen LogP contribution < -0.4 is 10.6 Å². The molecule has 0 bridgehead atoms. The molecule has 0 saturated carbocycles. The van der Waals surface area contributed by atoms with Crippen molar-refractivity contribution in [2.45, 2.75) is 0 Å². The monoisotopic (exact) mass is 288 g/mol. The van der Waals surface area contributed by atoms with E-state index in [0.29, 0.717) is 0 Å². The number of nitrogens with zero attached hydrogens (tertiary/aromatic N) is 2. The molecule has 108 valence electrons. The molecule has 0 unspecified atom stereocenters. The maximum atomic E-state index is 11.4. The van der Waals surface area contributed by atoms with Crippen molar-refractivity contribution in [1.82, 2.24) is 15.3 Å². The standard InChI is InChI=1S/C13H12N4O4/c1-14-12(19)8-6-16-11(5-9(8)18)17-10-4-7(13(20)21)2-3-15-10/h2-6H,1H3,(H,14,19)(H,20,21)(H2,15,16,17,18). The number of carboxylic acids is 1. The van der Waals surface area contributed by atoms with Crippen molar-refractivity contribution in [2.24, 2.45) is 0 Å². The van der Waals surface area contributed by atoms with Crippen molar-refractivity contribution in [1.29, 1.82) is 0 Å². The van der Waals surface area contributed by atoms with Crippen molar-refractivity contribution in [3.05, 3.63) is 41.7 Å². The van der Waals surface area contributed by atoms with Gasteiger partial charge in [0, 0.05) is 25.5 Å². The molecule has 8 heteroatoms. The van der Waals surface area contributed by atoms with Crippen LogP contribution in [0.2, 0.25) is 0 Å². The number of carboxylic acid groups (broad SMARTS) is 1. The number of aromatic nitrogens is 2. The lowest BCUT2D eigenvalue weighted by atomic mass is 10.2. The number of hydrogen-bond donors (Lipinski definition) is 4. The predicted molar refractivity (Wildman–Crippen MR) is 73.8 cm³/mol. The summed E-state index contributed by atoms with van der Waals surface area (Å²) in [4.78, 5) is 30.2. The summed E-state index contributed by atoms with van der Waals surface area (Å²) in [6, 6.07) is 3.93. The molecule has 0 fully saturated rings. The molecule has 1 amide bonds.